The normalized spacial score (nSPS) is 10.8. The van der Waals surface area contributed by atoms with Crippen molar-refractivity contribution in [1.29, 1.82) is 0 Å². The summed E-state index contributed by atoms with van der Waals surface area (Å²) in [5.41, 5.74) is 9.00. The number of benzene rings is 5. The molecule has 1 heterocycles. The van der Waals surface area contributed by atoms with Crippen LogP contribution in [-0.2, 0) is 0 Å². The lowest BCUT2D eigenvalue weighted by Gasteiger charge is -2.23. The zero-order chi connectivity index (χ0) is 25.0. The Balaban J connectivity index is 1.89. The number of rotatable bonds is 5. The number of aromatic nitrogens is 1. The Kier molecular flexibility index (Phi) is 6.06. The smallest absolute Gasteiger partial charge is 0.232 e. The molecule has 0 spiro atoms. The van der Waals surface area contributed by atoms with Crippen LogP contribution in [0.2, 0.25) is 0 Å². The van der Waals surface area contributed by atoms with E-state index in [9.17, 15) is 5.21 Å². The Hall–Kier alpha value is -4.95. The van der Waals surface area contributed by atoms with Crippen molar-refractivity contribution in [1.82, 2.24) is 0 Å². The lowest BCUT2D eigenvalue weighted by Crippen LogP contribution is -2.34. The fourth-order valence-electron chi connectivity index (χ4n) is 5.06. The van der Waals surface area contributed by atoms with E-state index in [1.54, 1.807) is 0 Å². The molecule has 0 bridgehead atoms. The highest BCUT2D eigenvalue weighted by atomic mass is 16.5. The molecule has 5 aromatic carbocycles. The van der Waals surface area contributed by atoms with Gasteiger partial charge in [0.25, 0.3) is 0 Å². The summed E-state index contributed by atoms with van der Waals surface area (Å²) in [6.45, 7) is 0. The maximum absolute atomic E-state index is 14.7. The lowest BCUT2D eigenvalue weighted by atomic mass is 9.83. The second kappa shape index (κ2) is 9.96. The van der Waals surface area contributed by atoms with Crippen molar-refractivity contribution >= 4 is 0 Å². The standard InChI is InChI=1S/C35H25NO/c37-36-34(29-22-12-4-13-23-29)32(27-18-8-2-9-19-27)31(26-16-6-1-7-17-26)33(28-20-10-3-11-21-28)35(36)30-24-14-5-15-25-30/h1-25H. The molecule has 0 N–H and O–H groups in total. The van der Waals surface area contributed by atoms with E-state index in [-0.39, 0.29) is 0 Å². The van der Waals surface area contributed by atoms with Crippen LogP contribution < -0.4 is 4.73 Å². The quantitative estimate of drug-likeness (QED) is 0.181. The minimum Gasteiger partial charge on any atom is -0.618 e. The SMILES string of the molecule is [O-][n+]1c(-c2ccccc2)c(-c2ccccc2)c(-c2ccccc2)c(-c2ccccc2)c1-c1ccccc1. The van der Waals surface area contributed by atoms with Crippen molar-refractivity contribution in [3.63, 3.8) is 0 Å². The molecule has 0 atom stereocenters. The van der Waals surface area contributed by atoms with E-state index in [0.29, 0.717) is 11.4 Å². The highest BCUT2D eigenvalue weighted by Crippen LogP contribution is 2.47. The zero-order valence-electron chi connectivity index (χ0n) is 20.3. The summed E-state index contributed by atoms with van der Waals surface area (Å²) < 4.78 is 1.14. The van der Waals surface area contributed by atoms with E-state index in [4.69, 9.17) is 0 Å². The molecule has 6 rings (SSSR count). The number of hydrogen-bond donors (Lipinski definition) is 0. The molecular weight excluding hydrogens is 450 g/mol. The summed E-state index contributed by atoms with van der Waals surface area (Å²) in [4.78, 5) is 0. The van der Waals surface area contributed by atoms with E-state index in [2.05, 4.69) is 48.5 Å². The van der Waals surface area contributed by atoms with Gasteiger partial charge in [0.2, 0.25) is 11.4 Å². The highest BCUT2D eigenvalue weighted by molar-refractivity contribution is 6.03. The number of hydrogen-bond acceptors (Lipinski definition) is 1. The van der Waals surface area contributed by atoms with Crippen LogP contribution in [0.5, 0.6) is 0 Å². The monoisotopic (exact) mass is 475 g/mol. The Morgan fingerprint density at radius 2 is 0.541 bits per heavy atom. The van der Waals surface area contributed by atoms with Gasteiger partial charge >= 0.3 is 0 Å². The zero-order valence-corrected chi connectivity index (χ0v) is 20.3. The van der Waals surface area contributed by atoms with Crippen LogP contribution >= 0.6 is 0 Å². The molecule has 0 aliphatic carbocycles. The Morgan fingerprint density at radius 3 is 0.838 bits per heavy atom. The fourth-order valence-corrected chi connectivity index (χ4v) is 5.06. The van der Waals surface area contributed by atoms with Crippen LogP contribution in [0.4, 0.5) is 0 Å². The largest absolute Gasteiger partial charge is 0.618 e. The van der Waals surface area contributed by atoms with Gasteiger partial charge in [0.1, 0.15) is 0 Å². The second-order valence-electron chi connectivity index (χ2n) is 8.95. The van der Waals surface area contributed by atoms with E-state index < -0.39 is 0 Å². The minimum absolute atomic E-state index is 0.643. The van der Waals surface area contributed by atoms with Crippen LogP contribution in [0.1, 0.15) is 0 Å². The second-order valence-corrected chi connectivity index (χ2v) is 8.95. The molecule has 2 heteroatoms. The maximum atomic E-state index is 14.7. The molecule has 0 radical (unpaired) electrons. The van der Waals surface area contributed by atoms with E-state index >= 15 is 0 Å². The predicted octanol–water partition coefficient (Wildman–Crippen LogP) is 8.66. The average molecular weight is 476 g/mol. The topological polar surface area (TPSA) is 26.9 Å². The van der Waals surface area contributed by atoms with Gasteiger partial charge < -0.3 is 5.21 Å². The first-order valence-corrected chi connectivity index (χ1v) is 12.4. The predicted molar refractivity (Wildman–Crippen MR) is 153 cm³/mol. The third-order valence-corrected chi connectivity index (χ3v) is 6.66. The average Bonchev–Trinajstić information content (AvgIpc) is 2.98. The lowest BCUT2D eigenvalue weighted by molar-refractivity contribution is -0.580. The van der Waals surface area contributed by atoms with Crippen molar-refractivity contribution in [3.8, 4) is 55.9 Å². The summed E-state index contributed by atoms with van der Waals surface area (Å²) in [6.07, 6.45) is 0. The van der Waals surface area contributed by atoms with Crippen LogP contribution in [-0.4, -0.2) is 0 Å². The Morgan fingerprint density at radius 1 is 0.297 bits per heavy atom. The van der Waals surface area contributed by atoms with Crippen molar-refractivity contribution < 1.29 is 4.73 Å². The van der Waals surface area contributed by atoms with E-state index in [1.807, 2.05) is 103 Å². The molecule has 176 valence electrons. The van der Waals surface area contributed by atoms with Gasteiger partial charge in [-0.15, -0.1) is 0 Å². The van der Waals surface area contributed by atoms with Gasteiger partial charge in [-0.25, -0.2) is 0 Å². The van der Waals surface area contributed by atoms with Gasteiger partial charge in [0.05, 0.1) is 11.1 Å². The highest BCUT2D eigenvalue weighted by Gasteiger charge is 2.32. The number of pyridine rings is 1. The van der Waals surface area contributed by atoms with Crippen molar-refractivity contribution in [2.75, 3.05) is 0 Å². The van der Waals surface area contributed by atoms with Gasteiger partial charge in [0.15, 0.2) is 0 Å². The van der Waals surface area contributed by atoms with Crippen molar-refractivity contribution in [2.45, 2.75) is 0 Å². The van der Waals surface area contributed by atoms with Crippen LogP contribution in [0.15, 0.2) is 152 Å². The Bertz CT molecular complexity index is 1530. The third kappa shape index (κ3) is 4.19. The van der Waals surface area contributed by atoms with E-state index in [0.717, 1.165) is 49.2 Å². The molecule has 0 amide bonds. The van der Waals surface area contributed by atoms with E-state index in [1.165, 1.54) is 0 Å². The molecule has 6 aromatic rings. The molecular formula is C35H25NO. The van der Waals surface area contributed by atoms with Gasteiger partial charge in [0, 0.05) is 16.7 Å². The molecule has 0 aliphatic rings. The molecule has 0 unspecified atom stereocenters. The first-order valence-electron chi connectivity index (χ1n) is 12.4. The molecule has 0 aliphatic heterocycles. The van der Waals surface area contributed by atoms with Gasteiger partial charge in [-0.1, -0.05) is 127 Å². The molecule has 0 fully saturated rings. The summed E-state index contributed by atoms with van der Waals surface area (Å²) >= 11 is 0. The minimum atomic E-state index is 0.643. The summed E-state index contributed by atoms with van der Waals surface area (Å²) in [5, 5.41) is 14.7. The molecule has 0 saturated carbocycles. The van der Waals surface area contributed by atoms with Crippen LogP contribution in [0, 0.1) is 5.21 Å². The van der Waals surface area contributed by atoms with Crippen molar-refractivity contribution in [2.24, 2.45) is 0 Å². The maximum Gasteiger partial charge on any atom is 0.232 e. The van der Waals surface area contributed by atoms with Gasteiger partial charge in [-0.05, 0) is 41.0 Å². The Labute approximate surface area is 217 Å². The summed E-state index contributed by atoms with van der Waals surface area (Å²) in [7, 11) is 0. The van der Waals surface area contributed by atoms with Crippen molar-refractivity contribution in [3.05, 3.63) is 157 Å². The fraction of sp³-hybridized carbons (Fsp3) is 0. The first kappa shape index (κ1) is 22.5. The molecule has 1 aromatic heterocycles. The summed E-state index contributed by atoms with van der Waals surface area (Å²) in [6, 6.07) is 50.9. The van der Waals surface area contributed by atoms with Crippen LogP contribution in [0.25, 0.3) is 55.9 Å². The van der Waals surface area contributed by atoms with Gasteiger partial charge in [-0.3, -0.25) is 0 Å². The number of nitrogens with zero attached hydrogens (tertiary/aromatic N) is 1. The molecule has 0 saturated heterocycles. The van der Waals surface area contributed by atoms with Crippen LogP contribution in [0.3, 0.4) is 0 Å². The first-order chi connectivity index (χ1) is 18.3. The molecule has 37 heavy (non-hydrogen) atoms. The van der Waals surface area contributed by atoms with Gasteiger partial charge in [-0.2, -0.15) is 4.73 Å². The summed E-state index contributed by atoms with van der Waals surface area (Å²) in [5.74, 6) is 0. The third-order valence-electron chi connectivity index (χ3n) is 6.66. The molecule has 2 nitrogen and oxygen atoms in total.